The molecule has 0 unspecified atom stereocenters. The predicted molar refractivity (Wildman–Crippen MR) is 83.5 cm³/mol. The van der Waals surface area contributed by atoms with Crippen molar-refractivity contribution in [3.63, 3.8) is 0 Å². The zero-order valence-corrected chi connectivity index (χ0v) is 12.6. The van der Waals surface area contributed by atoms with Crippen molar-refractivity contribution in [1.29, 1.82) is 0 Å². The van der Waals surface area contributed by atoms with Gasteiger partial charge in [0.1, 0.15) is 11.5 Å². The molecule has 0 bridgehead atoms. The summed E-state index contributed by atoms with van der Waals surface area (Å²) in [4.78, 5) is 12.1. The summed E-state index contributed by atoms with van der Waals surface area (Å²) in [6.45, 7) is 5.68. The van der Waals surface area contributed by atoms with Crippen molar-refractivity contribution in [3.8, 4) is 0 Å². The summed E-state index contributed by atoms with van der Waals surface area (Å²) in [5, 5.41) is 4.29. The molecule has 1 N–H and O–H groups in total. The summed E-state index contributed by atoms with van der Waals surface area (Å²) in [6.07, 6.45) is 1.78. The maximum absolute atomic E-state index is 12.1. The van der Waals surface area contributed by atoms with Crippen LogP contribution in [0.15, 0.2) is 45.9 Å². The van der Waals surface area contributed by atoms with Crippen LogP contribution in [0.5, 0.6) is 0 Å². The van der Waals surface area contributed by atoms with E-state index in [0.29, 0.717) is 11.3 Å². The molecule has 2 rings (SSSR count). The first-order valence-electron chi connectivity index (χ1n) is 7.11. The van der Waals surface area contributed by atoms with Crippen LogP contribution in [0, 0.1) is 13.8 Å². The number of carbonyl (C=O) groups is 1. The normalized spacial score (nSPS) is 11.5. The maximum atomic E-state index is 12.1. The zero-order chi connectivity index (χ0) is 15.2. The van der Waals surface area contributed by atoms with Gasteiger partial charge < -0.3 is 4.42 Å². The van der Waals surface area contributed by atoms with E-state index < -0.39 is 0 Å². The van der Waals surface area contributed by atoms with Gasteiger partial charge in [-0.05, 0) is 31.9 Å². The zero-order valence-electron chi connectivity index (χ0n) is 12.6. The van der Waals surface area contributed by atoms with Crippen LogP contribution >= 0.6 is 0 Å². The lowest BCUT2D eigenvalue weighted by atomic mass is 10.1. The van der Waals surface area contributed by atoms with E-state index in [4.69, 9.17) is 4.42 Å². The largest absolute Gasteiger partial charge is 0.466 e. The molecule has 0 atom stereocenters. The third-order valence-electron chi connectivity index (χ3n) is 3.17. The van der Waals surface area contributed by atoms with Crippen molar-refractivity contribution in [2.75, 3.05) is 0 Å². The summed E-state index contributed by atoms with van der Waals surface area (Å²) < 4.78 is 5.37. The maximum Gasteiger partial charge on any atom is 0.274 e. The molecule has 1 heterocycles. The fourth-order valence-electron chi connectivity index (χ4n) is 2.17. The topological polar surface area (TPSA) is 54.6 Å². The van der Waals surface area contributed by atoms with Crippen LogP contribution in [0.2, 0.25) is 0 Å². The fraction of sp³-hybridized carbons (Fsp3) is 0.294. The average Bonchev–Trinajstić information content (AvgIpc) is 2.83. The SMILES string of the molecule is CCC/C(=N/NC(=O)c1cc(C)oc1C)c1ccccc1. The van der Waals surface area contributed by atoms with Crippen molar-refractivity contribution in [3.05, 3.63) is 59.0 Å². The molecule has 1 amide bonds. The summed E-state index contributed by atoms with van der Waals surface area (Å²) >= 11 is 0. The minimum Gasteiger partial charge on any atom is -0.466 e. The van der Waals surface area contributed by atoms with Gasteiger partial charge in [-0.25, -0.2) is 5.43 Å². The van der Waals surface area contributed by atoms with Crippen molar-refractivity contribution in [2.24, 2.45) is 5.10 Å². The Balaban J connectivity index is 2.16. The number of benzene rings is 1. The molecule has 0 aliphatic heterocycles. The first-order valence-corrected chi connectivity index (χ1v) is 7.11. The predicted octanol–water partition coefficient (Wildman–Crippen LogP) is 3.83. The molecule has 1 aromatic carbocycles. The molecular formula is C17H20N2O2. The Morgan fingerprint density at radius 3 is 2.52 bits per heavy atom. The van der Waals surface area contributed by atoms with Gasteiger partial charge in [0.15, 0.2) is 0 Å². The van der Waals surface area contributed by atoms with Crippen LogP contribution in [-0.2, 0) is 0 Å². The smallest absolute Gasteiger partial charge is 0.274 e. The number of rotatable bonds is 5. The Hall–Kier alpha value is -2.36. The van der Waals surface area contributed by atoms with Gasteiger partial charge in [-0.2, -0.15) is 5.10 Å². The van der Waals surface area contributed by atoms with Crippen molar-refractivity contribution < 1.29 is 9.21 Å². The lowest BCUT2D eigenvalue weighted by Gasteiger charge is -2.06. The molecule has 0 spiro atoms. The standard InChI is InChI=1S/C17H20N2O2/c1-4-8-16(14-9-6-5-7-10-14)18-19-17(20)15-11-12(2)21-13(15)3/h5-7,9-11H,4,8H2,1-3H3,(H,19,20)/b18-16-. The molecule has 0 aliphatic rings. The number of nitrogens with one attached hydrogen (secondary N) is 1. The van der Waals surface area contributed by atoms with E-state index in [1.54, 1.807) is 13.0 Å². The quantitative estimate of drug-likeness (QED) is 0.670. The van der Waals surface area contributed by atoms with Gasteiger partial charge in [0.2, 0.25) is 0 Å². The molecule has 2 aromatic rings. The summed E-state index contributed by atoms with van der Waals surface area (Å²) in [5.41, 5.74) is 5.06. The molecule has 0 radical (unpaired) electrons. The second-order valence-corrected chi connectivity index (χ2v) is 4.94. The van der Waals surface area contributed by atoms with Crippen molar-refractivity contribution in [1.82, 2.24) is 5.43 Å². The minimum absolute atomic E-state index is 0.242. The minimum atomic E-state index is -0.242. The van der Waals surface area contributed by atoms with Gasteiger partial charge >= 0.3 is 0 Å². The summed E-state index contributed by atoms with van der Waals surface area (Å²) in [7, 11) is 0. The second kappa shape index (κ2) is 6.88. The van der Waals surface area contributed by atoms with Crippen LogP contribution in [0.1, 0.15) is 47.2 Å². The molecule has 110 valence electrons. The average molecular weight is 284 g/mol. The number of hydrogen-bond acceptors (Lipinski definition) is 3. The van der Waals surface area contributed by atoms with Gasteiger partial charge in [-0.1, -0.05) is 43.7 Å². The molecule has 0 aliphatic carbocycles. The van der Waals surface area contributed by atoms with Crippen LogP contribution in [0.25, 0.3) is 0 Å². The number of nitrogens with zero attached hydrogens (tertiary/aromatic N) is 1. The Kier molecular flexibility index (Phi) is 4.93. The Bertz CT molecular complexity index is 642. The molecule has 4 nitrogen and oxygen atoms in total. The summed E-state index contributed by atoms with van der Waals surface area (Å²) in [5.74, 6) is 1.09. The first-order chi connectivity index (χ1) is 10.1. The molecule has 0 saturated heterocycles. The molecule has 0 fully saturated rings. The number of hydrogen-bond donors (Lipinski definition) is 1. The second-order valence-electron chi connectivity index (χ2n) is 4.94. The highest BCUT2D eigenvalue weighted by atomic mass is 16.3. The number of amides is 1. The molecule has 21 heavy (non-hydrogen) atoms. The lowest BCUT2D eigenvalue weighted by molar-refractivity contribution is 0.0953. The highest BCUT2D eigenvalue weighted by Gasteiger charge is 2.13. The van der Waals surface area contributed by atoms with Gasteiger partial charge in [0.05, 0.1) is 11.3 Å². The van der Waals surface area contributed by atoms with Gasteiger partial charge in [0, 0.05) is 0 Å². The van der Waals surface area contributed by atoms with E-state index in [-0.39, 0.29) is 5.91 Å². The van der Waals surface area contributed by atoms with Crippen LogP contribution in [-0.4, -0.2) is 11.6 Å². The van der Waals surface area contributed by atoms with E-state index >= 15 is 0 Å². The van der Waals surface area contributed by atoms with Gasteiger partial charge in [-0.3, -0.25) is 4.79 Å². The molecule has 1 aromatic heterocycles. The highest BCUT2D eigenvalue weighted by molar-refractivity contribution is 6.02. The van der Waals surface area contributed by atoms with E-state index in [9.17, 15) is 4.79 Å². The Labute approximate surface area is 124 Å². The van der Waals surface area contributed by atoms with E-state index in [1.807, 2.05) is 37.3 Å². The number of aryl methyl sites for hydroxylation is 2. The van der Waals surface area contributed by atoms with Crippen LogP contribution in [0.4, 0.5) is 0 Å². The third-order valence-corrected chi connectivity index (χ3v) is 3.17. The monoisotopic (exact) mass is 284 g/mol. The molecule has 0 saturated carbocycles. The number of furan rings is 1. The molecule has 4 heteroatoms. The van der Waals surface area contributed by atoms with Crippen LogP contribution in [0.3, 0.4) is 0 Å². The van der Waals surface area contributed by atoms with E-state index in [2.05, 4.69) is 17.5 Å². The van der Waals surface area contributed by atoms with Gasteiger partial charge in [-0.15, -0.1) is 0 Å². The number of hydrazone groups is 1. The van der Waals surface area contributed by atoms with E-state index in [1.165, 1.54) is 0 Å². The Morgan fingerprint density at radius 2 is 1.95 bits per heavy atom. The van der Waals surface area contributed by atoms with Gasteiger partial charge in [0.25, 0.3) is 5.91 Å². The third kappa shape index (κ3) is 3.81. The lowest BCUT2D eigenvalue weighted by Crippen LogP contribution is -2.20. The van der Waals surface area contributed by atoms with Crippen LogP contribution < -0.4 is 5.43 Å². The van der Waals surface area contributed by atoms with E-state index in [0.717, 1.165) is 29.9 Å². The van der Waals surface area contributed by atoms with Crippen molar-refractivity contribution in [2.45, 2.75) is 33.6 Å². The van der Waals surface area contributed by atoms with Crippen molar-refractivity contribution >= 4 is 11.6 Å². The highest BCUT2D eigenvalue weighted by Crippen LogP contribution is 2.13. The summed E-state index contributed by atoms with van der Waals surface area (Å²) in [6, 6.07) is 11.6. The fourth-order valence-corrected chi connectivity index (χ4v) is 2.17. The molecular weight excluding hydrogens is 264 g/mol. The Morgan fingerprint density at radius 1 is 1.24 bits per heavy atom. The first kappa shape index (κ1) is 15.0. The number of carbonyl (C=O) groups excluding carboxylic acids is 1.